The molecule has 1 fully saturated rings. The summed E-state index contributed by atoms with van der Waals surface area (Å²) in [5.41, 5.74) is 1.68. The molecule has 0 radical (unpaired) electrons. The fourth-order valence-corrected chi connectivity index (χ4v) is 4.23. The van der Waals surface area contributed by atoms with Crippen LogP contribution >= 0.6 is 0 Å². The van der Waals surface area contributed by atoms with E-state index in [1.54, 1.807) is 13.0 Å². The summed E-state index contributed by atoms with van der Waals surface area (Å²) >= 11 is 0. The van der Waals surface area contributed by atoms with E-state index < -0.39 is 15.7 Å². The molecule has 2 aromatic rings. The van der Waals surface area contributed by atoms with Crippen molar-refractivity contribution in [3.05, 3.63) is 47.8 Å². The lowest BCUT2D eigenvalue weighted by Gasteiger charge is -2.12. The summed E-state index contributed by atoms with van der Waals surface area (Å²) in [6.45, 7) is 1.77. The number of benzene rings is 1. The van der Waals surface area contributed by atoms with E-state index in [9.17, 15) is 13.2 Å². The summed E-state index contributed by atoms with van der Waals surface area (Å²) in [4.78, 5) is 20.8. The molecule has 1 aromatic heterocycles. The Labute approximate surface area is 140 Å². The van der Waals surface area contributed by atoms with Crippen LogP contribution in [-0.4, -0.2) is 41.8 Å². The number of hydrogen-bond acceptors (Lipinski definition) is 6. The highest BCUT2D eigenvalue weighted by Crippen LogP contribution is 2.15. The highest BCUT2D eigenvalue weighted by molar-refractivity contribution is 7.91. The molecule has 0 aliphatic carbocycles. The summed E-state index contributed by atoms with van der Waals surface area (Å²) in [6.07, 6.45) is 0.438. The van der Waals surface area contributed by atoms with Gasteiger partial charge in [0.15, 0.2) is 9.84 Å². The average molecular weight is 346 g/mol. The summed E-state index contributed by atoms with van der Waals surface area (Å²) in [5, 5.41) is 5.78. The maximum Gasteiger partial charge on any atom is 0.270 e. The van der Waals surface area contributed by atoms with Gasteiger partial charge in [-0.05, 0) is 31.5 Å². The zero-order valence-electron chi connectivity index (χ0n) is 13.2. The van der Waals surface area contributed by atoms with Gasteiger partial charge >= 0.3 is 0 Å². The van der Waals surface area contributed by atoms with Crippen LogP contribution < -0.4 is 10.6 Å². The van der Waals surface area contributed by atoms with Crippen LogP contribution in [-0.2, 0) is 9.84 Å². The normalized spacial score (nSPS) is 19.0. The van der Waals surface area contributed by atoms with Gasteiger partial charge in [-0.2, -0.15) is 0 Å². The van der Waals surface area contributed by atoms with Crippen molar-refractivity contribution in [2.75, 3.05) is 16.8 Å². The number of anilines is 2. The van der Waals surface area contributed by atoms with Gasteiger partial charge in [-0.1, -0.05) is 18.2 Å². The second-order valence-corrected chi connectivity index (χ2v) is 8.01. The maximum absolute atomic E-state index is 12.3. The Morgan fingerprint density at radius 1 is 1.21 bits per heavy atom. The average Bonchev–Trinajstić information content (AvgIpc) is 2.86. The zero-order valence-corrected chi connectivity index (χ0v) is 14.0. The van der Waals surface area contributed by atoms with E-state index in [2.05, 4.69) is 20.6 Å². The van der Waals surface area contributed by atoms with E-state index in [0.717, 1.165) is 5.69 Å². The van der Waals surface area contributed by atoms with Gasteiger partial charge in [0.2, 0.25) is 5.95 Å². The summed E-state index contributed by atoms with van der Waals surface area (Å²) < 4.78 is 23.0. The highest BCUT2D eigenvalue weighted by atomic mass is 32.2. The molecule has 0 saturated carbocycles. The lowest BCUT2D eigenvalue weighted by atomic mass is 10.2. The van der Waals surface area contributed by atoms with Crippen LogP contribution in [0.1, 0.15) is 22.6 Å². The Balaban J connectivity index is 1.74. The number of sulfone groups is 1. The molecule has 1 aromatic carbocycles. The van der Waals surface area contributed by atoms with Crippen LogP contribution in [0.15, 0.2) is 36.4 Å². The van der Waals surface area contributed by atoms with E-state index in [1.165, 1.54) is 0 Å². The van der Waals surface area contributed by atoms with Crippen LogP contribution in [0, 0.1) is 6.92 Å². The number of hydrogen-bond donors (Lipinski definition) is 2. The number of nitrogens with zero attached hydrogens (tertiary/aromatic N) is 2. The summed E-state index contributed by atoms with van der Waals surface area (Å²) in [5.74, 6) is 0.0311. The maximum atomic E-state index is 12.3. The largest absolute Gasteiger partial charge is 0.347 e. The lowest BCUT2D eigenvalue weighted by molar-refractivity contribution is 0.0936. The summed E-state index contributed by atoms with van der Waals surface area (Å²) in [6, 6.07) is 10.6. The van der Waals surface area contributed by atoms with Gasteiger partial charge in [-0.25, -0.2) is 18.4 Å². The fourth-order valence-electron chi connectivity index (χ4n) is 2.56. The molecule has 24 heavy (non-hydrogen) atoms. The second kappa shape index (κ2) is 6.56. The van der Waals surface area contributed by atoms with Crippen molar-refractivity contribution in [3.8, 4) is 0 Å². The Bertz CT molecular complexity index is 853. The molecule has 126 valence electrons. The third kappa shape index (κ3) is 4.08. The number of carbonyl (C=O) groups is 1. The van der Waals surface area contributed by atoms with Crippen LogP contribution in [0.2, 0.25) is 0 Å². The van der Waals surface area contributed by atoms with Crippen molar-refractivity contribution < 1.29 is 13.2 Å². The second-order valence-electron chi connectivity index (χ2n) is 5.78. The zero-order chi connectivity index (χ0) is 17.2. The number of amides is 1. The Morgan fingerprint density at radius 2 is 1.96 bits per heavy atom. The number of para-hydroxylation sites is 1. The Morgan fingerprint density at radius 3 is 2.62 bits per heavy atom. The summed E-state index contributed by atoms with van der Waals surface area (Å²) in [7, 11) is -3.04. The Hall–Kier alpha value is -2.48. The predicted octanol–water partition coefficient (Wildman–Crippen LogP) is 1.45. The molecule has 1 aliphatic rings. The monoisotopic (exact) mass is 346 g/mol. The van der Waals surface area contributed by atoms with Crippen molar-refractivity contribution >= 4 is 27.4 Å². The minimum atomic E-state index is -3.04. The molecule has 0 bridgehead atoms. The van der Waals surface area contributed by atoms with E-state index in [1.807, 2.05) is 30.3 Å². The van der Waals surface area contributed by atoms with E-state index in [4.69, 9.17) is 0 Å². The van der Waals surface area contributed by atoms with Gasteiger partial charge < -0.3 is 10.6 Å². The van der Waals surface area contributed by atoms with Gasteiger partial charge in [-0.15, -0.1) is 0 Å². The third-order valence-electron chi connectivity index (χ3n) is 3.68. The molecule has 1 saturated heterocycles. The molecule has 1 aliphatic heterocycles. The minimum absolute atomic E-state index is 0.0159. The quantitative estimate of drug-likeness (QED) is 0.869. The standard InChI is InChI=1S/C16H18N4O3S/c1-11-9-14(15(21)18-13-7-8-24(22,23)10-13)20-16(17-11)19-12-5-3-2-4-6-12/h2-6,9,13H,7-8,10H2,1H3,(H,18,21)(H,17,19,20). The molecular formula is C16H18N4O3S. The Kier molecular flexibility index (Phi) is 4.48. The first-order valence-corrected chi connectivity index (χ1v) is 9.42. The van der Waals surface area contributed by atoms with Gasteiger partial charge in [0.25, 0.3) is 5.91 Å². The SMILES string of the molecule is Cc1cc(C(=O)NC2CCS(=O)(=O)C2)nc(Nc2ccccc2)n1. The van der Waals surface area contributed by atoms with E-state index in [-0.39, 0.29) is 23.2 Å². The molecule has 1 unspecified atom stereocenters. The molecule has 0 spiro atoms. The molecule has 1 atom stereocenters. The molecule has 2 N–H and O–H groups in total. The molecule has 7 nitrogen and oxygen atoms in total. The lowest BCUT2D eigenvalue weighted by Crippen LogP contribution is -2.36. The van der Waals surface area contributed by atoms with Gasteiger partial charge in [0, 0.05) is 17.4 Å². The van der Waals surface area contributed by atoms with Crippen LogP contribution in [0.3, 0.4) is 0 Å². The number of rotatable bonds is 4. The number of carbonyl (C=O) groups excluding carboxylic acids is 1. The van der Waals surface area contributed by atoms with E-state index >= 15 is 0 Å². The number of aromatic nitrogens is 2. The van der Waals surface area contributed by atoms with Crippen molar-refractivity contribution in [1.29, 1.82) is 0 Å². The molecule has 3 rings (SSSR count). The highest BCUT2D eigenvalue weighted by Gasteiger charge is 2.29. The molecular weight excluding hydrogens is 328 g/mol. The van der Waals surface area contributed by atoms with Gasteiger partial charge in [-0.3, -0.25) is 4.79 Å². The number of aryl methyl sites for hydroxylation is 1. The van der Waals surface area contributed by atoms with Gasteiger partial charge in [0.1, 0.15) is 5.69 Å². The van der Waals surface area contributed by atoms with E-state index in [0.29, 0.717) is 18.1 Å². The fraction of sp³-hybridized carbons (Fsp3) is 0.312. The molecule has 8 heteroatoms. The van der Waals surface area contributed by atoms with Crippen LogP contribution in [0.4, 0.5) is 11.6 Å². The van der Waals surface area contributed by atoms with Gasteiger partial charge in [0.05, 0.1) is 11.5 Å². The first-order chi connectivity index (χ1) is 11.4. The molecule has 2 heterocycles. The number of nitrogens with one attached hydrogen (secondary N) is 2. The minimum Gasteiger partial charge on any atom is -0.347 e. The first-order valence-electron chi connectivity index (χ1n) is 7.60. The smallest absolute Gasteiger partial charge is 0.270 e. The van der Waals surface area contributed by atoms with Crippen molar-refractivity contribution in [2.45, 2.75) is 19.4 Å². The van der Waals surface area contributed by atoms with Crippen molar-refractivity contribution in [1.82, 2.24) is 15.3 Å². The molecule has 1 amide bonds. The first kappa shape index (κ1) is 16.4. The predicted molar refractivity (Wildman–Crippen MR) is 91.0 cm³/mol. The van der Waals surface area contributed by atoms with Crippen LogP contribution in [0.25, 0.3) is 0 Å². The topological polar surface area (TPSA) is 101 Å². The van der Waals surface area contributed by atoms with Crippen molar-refractivity contribution in [3.63, 3.8) is 0 Å². The van der Waals surface area contributed by atoms with Crippen LogP contribution in [0.5, 0.6) is 0 Å². The van der Waals surface area contributed by atoms with Crippen molar-refractivity contribution in [2.24, 2.45) is 0 Å². The third-order valence-corrected chi connectivity index (χ3v) is 5.45.